The van der Waals surface area contributed by atoms with E-state index in [0.717, 1.165) is 5.56 Å². The Hall–Kier alpha value is -2.80. The van der Waals surface area contributed by atoms with E-state index in [2.05, 4.69) is 15.2 Å². The molecule has 27 heavy (non-hydrogen) atoms. The van der Waals surface area contributed by atoms with E-state index in [9.17, 15) is 4.79 Å². The average molecular weight is 372 g/mol. The molecule has 0 saturated heterocycles. The summed E-state index contributed by atoms with van der Waals surface area (Å²) in [5, 5.41) is 3.02. The molecule has 0 saturated carbocycles. The molecule has 1 heterocycles. The molecule has 1 amide bonds. The van der Waals surface area contributed by atoms with Crippen LogP contribution < -0.4 is 19.7 Å². The van der Waals surface area contributed by atoms with Crippen molar-refractivity contribution in [1.82, 2.24) is 15.2 Å². The first kappa shape index (κ1) is 20.5. The minimum absolute atomic E-state index is 0.0202. The molecule has 2 aromatic rings. The molecule has 0 aliphatic rings. The maximum absolute atomic E-state index is 12.7. The molecule has 7 heteroatoms. The highest BCUT2D eigenvalue weighted by atomic mass is 16.5. The Bertz CT molecular complexity index is 778. The number of hydrogen-bond donors (Lipinski definition) is 1. The highest BCUT2D eigenvalue weighted by molar-refractivity contribution is 5.98. The Morgan fingerprint density at radius 3 is 2.41 bits per heavy atom. The van der Waals surface area contributed by atoms with Crippen LogP contribution in [0.3, 0.4) is 0 Å². The van der Waals surface area contributed by atoms with Crippen molar-refractivity contribution in [3.05, 3.63) is 47.7 Å². The van der Waals surface area contributed by atoms with Crippen LogP contribution in [0.5, 0.6) is 11.5 Å². The summed E-state index contributed by atoms with van der Waals surface area (Å²) in [7, 11) is 10.9. The number of carbonyl (C=O) groups excluding carboxylic acids is 1. The predicted molar refractivity (Wildman–Crippen MR) is 107 cm³/mol. The molecule has 0 spiro atoms. The summed E-state index contributed by atoms with van der Waals surface area (Å²) in [6, 6.07) is 9.31. The number of ether oxygens (including phenoxy) is 2. The molecule has 1 atom stereocenters. The molecule has 1 aromatic carbocycles. The van der Waals surface area contributed by atoms with Gasteiger partial charge in [0.15, 0.2) is 11.5 Å². The Labute approximate surface area is 160 Å². The van der Waals surface area contributed by atoms with Crippen LogP contribution >= 0.6 is 0 Å². The van der Waals surface area contributed by atoms with Crippen LogP contribution in [0.1, 0.15) is 22.0 Å². The van der Waals surface area contributed by atoms with E-state index >= 15 is 0 Å². The minimum atomic E-state index is -0.154. The third-order valence-electron chi connectivity index (χ3n) is 4.33. The molecule has 0 aliphatic heterocycles. The zero-order valence-corrected chi connectivity index (χ0v) is 16.8. The topological polar surface area (TPSA) is 66.9 Å². The van der Waals surface area contributed by atoms with Crippen LogP contribution in [0.15, 0.2) is 36.5 Å². The largest absolute Gasteiger partial charge is 0.493 e. The van der Waals surface area contributed by atoms with Gasteiger partial charge in [-0.2, -0.15) is 0 Å². The van der Waals surface area contributed by atoms with Crippen LogP contribution in [0, 0.1) is 0 Å². The van der Waals surface area contributed by atoms with Crippen molar-refractivity contribution in [3.8, 4) is 11.5 Å². The lowest BCUT2D eigenvalue weighted by Crippen LogP contribution is -2.35. The molecule has 1 unspecified atom stereocenters. The number of carbonyl (C=O) groups is 1. The SMILES string of the molecule is COc1ccc(C(CNC(=O)c2cccnc2N(C)C)N(C)C)cc1OC. The third kappa shape index (κ3) is 4.89. The van der Waals surface area contributed by atoms with E-state index in [1.165, 1.54) is 0 Å². The van der Waals surface area contributed by atoms with Gasteiger partial charge >= 0.3 is 0 Å². The van der Waals surface area contributed by atoms with Crippen LogP contribution in [-0.2, 0) is 0 Å². The van der Waals surface area contributed by atoms with E-state index < -0.39 is 0 Å². The quantitative estimate of drug-likeness (QED) is 0.766. The molecular weight excluding hydrogens is 344 g/mol. The standard InChI is InChI=1S/C20H28N4O3/c1-23(2)16(14-9-10-17(26-5)18(12-14)27-6)13-22-20(25)15-8-7-11-21-19(15)24(3)4/h7-12,16H,13H2,1-6H3,(H,22,25). The second-order valence-electron chi connectivity index (χ2n) is 6.57. The van der Waals surface area contributed by atoms with E-state index in [1.807, 2.05) is 51.3 Å². The van der Waals surface area contributed by atoms with Crippen molar-refractivity contribution in [2.24, 2.45) is 0 Å². The number of nitrogens with one attached hydrogen (secondary N) is 1. The van der Waals surface area contributed by atoms with Gasteiger partial charge in [0.05, 0.1) is 25.8 Å². The Kier molecular flexibility index (Phi) is 7.01. The minimum Gasteiger partial charge on any atom is -0.493 e. The van der Waals surface area contributed by atoms with Crippen molar-refractivity contribution in [2.75, 3.05) is 53.9 Å². The Morgan fingerprint density at radius 1 is 1.11 bits per heavy atom. The molecule has 7 nitrogen and oxygen atoms in total. The average Bonchev–Trinajstić information content (AvgIpc) is 2.67. The monoisotopic (exact) mass is 372 g/mol. The lowest BCUT2D eigenvalue weighted by atomic mass is 10.0. The van der Waals surface area contributed by atoms with Gasteiger partial charge in [-0.05, 0) is 43.9 Å². The number of hydrogen-bond acceptors (Lipinski definition) is 6. The van der Waals surface area contributed by atoms with Crippen molar-refractivity contribution in [3.63, 3.8) is 0 Å². The van der Waals surface area contributed by atoms with Crippen molar-refractivity contribution in [1.29, 1.82) is 0 Å². The fraction of sp³-hybridized carbons (Fsp3) is 0.400. The summed E-state index contributed by atoms with van der Waals surface area (Å²) in [4.78, 5) is 20.9. The van der Waals surface area contributed by atoms with E-state index in [-0.39, 0.29) is 11.9 Å². The summed E-state index contributed by atoms with van der Waals surface area (Å²) >= 11 is 0. The number of likely N-dealkylation sites (N-methyl/N-ethyl adjacent to an activating group) is 1. The van der Waals surface area contributed by atoms with Crippen LogP contribution in [0.25, 0.3) is 0 Å². The lowest BCUT2D eigenvalue weighted by Gasteiger charge is -2.26. The first-order valence-electron chi connectivity index (χ1n) is 8.68. The van der Waals surface area contributed by atoms with Crippen molar-refractivity contribution in [2.45, 2.75) is 6.04 Å². The summed E-state index contributed by atoms with van der Waals surface area (Å²) in [6.45, 7) is 0.447. The van der Waals surface area contributed by atoms with Gasteiger partial charge in [0.2, 0.25) is 0 Å². The maximum Gasteiger partial charge on any atom is 0.255 e. The normalized spacial score (nSPS) is 11.8. The molecule has 2 rings (SSSR count). The smallest absolute Gasteiger partial charge is 0.255 e. The highest BCUT2D eigenvalue weighted by Crippen LogP contribution is 2.31. The van der Waals surface area contributed by atoms with Gasteiger partial charge in [0.1, 0.15) is 5.82 Å². The highest BCUT2D eigenvalue weighted by Gasteiger charge is 2.19. The molecule has 1 N–H and O–H groups in total. The number of aromatic nitrogens is 1. The molecule has 0 fully saturated rings. The number of rotatable bonds is 8. The number of anilines is 1. The number of methoxy groups -OCH3 is 2. The van der Waals surface area contributed by atoms with E-state index in [1.54, 1.807) is 32.5 Å². The molecule has 0 radical (unpaired) electrons. The number of nitrogens with zero attached hydrogens (tertiary/aromatic N) is 3. The fourth-order valence-corrected chi connectivity index (χ4v) is 2.87. The van der Waals surface area contributed by atoms with Crippen molar-refractivity contribution < 1.29 is 14.3 Å². The zero-order valence-electron chi connectivity index (χ0n) is 16.8. The van der Waals surface area contributed by atoms with Gasteiger partial charge in [0.25, 0.3) is 5.91 Å². The lowest BCUT2D eigenvalue weighted by molar-refractivity contribution is 0.0942. The predicted octanol–water partition coefficient (Wildman–Crippen LogP) is 2.20. The van der Waals surface area contributed by atoms with Crippen molar-refractivity contribution >= 4 is 11.7 Å². The van der Waals surface area contributed by atoms with Gasteiger partial charge in [-0.15, -0.1) is 0 Å². The molecule has 1 aromatic heterocycles. The summed E-state index contributed by atoms with van der Waals surface area (Å²) in [5.74, 6) is 1.82. The van der Waals surface area contributed by atoms with Crippen LogP contribution in [0.4, 0.5) is 5.82 Å². The maximum atomic E-state index is 12.7. The first-order valence-corrected chi connectivity index (χ1v) is 8.68. The summed E-state index contributed by atoms with van der Waals surface area (Å²) in [5.41, 5.74) is 1.57. The van der Waals surface area contributed by atoms with Crippen LogP contribution in [0.2, 0.25) is 0 Å². The zero-order chi connectivity index (χ0) is 20.0. The number of pyridine rings is 1. The molecule has 0 aliphatic carbocycles. The second kappa shape index (κ2) is 9.23. The summed E-state index contributed by atoms with van der Waals surface area (Å²) in [6.07, 6.45) is 1.68. The van der Waals surface area contributed by atoms with E-state index in [4.69, 9.17) is 9.47 Å². The number of benzene rings is 1. The van der Waals surface area contributed by atoms with E-state index in [0.29, 0.717) is 29.4 Å². The van der Waals surface area contributed by atoms with Gasteiger partial charge in [0, 0.05) is 26.8 Å². The van der Waals surface area contributed by atoms with Gasteiger partial charge in [-0.1, -0.05) is 6.07 Å². The fourth-order valence-electron chi connectivity index (χ4n) is 2.87. The molecular formula is C20H28N4O3. The van der Waals surface area contributed by atoms with Gasteiger partial charge < -0.3 is 24.6 Å². The van der Waals surface area contributed by atoms with Gasteiger partial charge in [-0.25, -0.2) is 4.98 Å². The first-order chi connectivity index (χ1) is 12.9. The summed E-state index contributed by atoms with van der Waals surface area (Å²) < 4.78 is 10.7. The molecule has 0 bridgehead atoms. The Morgan fingerprint density at radius 2 is 1.81 bits per heavy atom. The second-order valence-corrected chi connectivity index (χ2v) is 6.57. The third-order valence-corrected chi connectivity index (χ3v) is 4.33. The van der Waals surface area contributed by atoms with Crippen LogP contribution in [-0.4, -0.2) is 64.7 Å². The molecule has 146 valence electrons. The Balaban J connectivity index is 2.19. The number of amides is 1. The van der Waals surface area contributed by atoms with Gasteiger partial charge in [-0.3, -0.25) is 4.79 Å².